The maximum atomic E-state index is 10.6. The Morgan fingerprint density at radius 2 is 2.41 bits per heavy atom. The lowest BCUT2D eigenvalue weighted by Crippen LogP contribution is -2.28. The molecule has 0 spiro atoms. The molecule has 1 aliphatic heterocycles. The van der Waals surface area contributed by atoms with Gasteiger partial charge in [0, 0.05) is 17.7 Å². The Kier molecular flexibility index (Phi) is 2.96. The summed E-state index contributed by atoms with van der Waals surface area (Å²) in [5.41, 5.74) is 0.930. The lowest BCUT2D eigenvalue weighted by Gasteiger charge is -2.27. The molecule has 0 radical (unpaired) electrons. The van der Waals surface area contributed by atoms with Crippen LogP contribution in [-0.2, 0) is 6.42 Å². The topological polar surface area (TPSA) is 76.2 Å². The molecule has 17 heavy (non-hydrogen) atoms. The van der Waals surface area contributed by atoms with Gasteiger partial charge in [0.1, 0.15) is 11.9 Å². The number of rotatable bonds is 2. The first-order valence-corrected chi connectivity index (χ1v) is 5.45. The van der Waals surface area contributed by atoms with E-state index in [1.807, 2.05) is 6.92 Å². The summed E-state index contributed by atoms with van der Waals surface area (Å²) in [7, 11) is 0. The number of non-ortho nitro benzene ring substituents is 1. The van der Waals surface area contributed by atoms with Crippen molar-refractivity contribution < 1.29 is 9.66 Å². The van der Waals surface area contributed by atoms with Crippen LogP contribution < -0.4 is 4.74 Å². The quantitative estimate of drug-likeness (QED) is 0.579. The zero-order valence-corrected chi connectivity index (χ0v) is 9.42. The number of hydrogen-bond acceptors (Lipinski definition) is 4. The smallest absolute Gasteiger partial charge is 0.269 e. The van der Waals surface area contributed by atoms with Crippen LogP contribution in [-0.4, -0.2) is 11.0 Å². The fourth-order valence-electron chi connectivity index (χ4n) is 1.94. The number of ether oxygens (including phenoxy) is 1. The molecule has 0 aromatic heterocycles. The van der Waals surface area contributed by atoms with E-state index in [0.29, 0.717) is 12.2 Å². The van der Waals surface area contributed by atoms with Gasteiger partial charge in [0.25, 0.3) is 5.69 Å². The molecule has 2 atom stereocenters. The van der Waals surface area contributed by atoms with Crippen molar-refractivity contribution in [2.45, 2.75) is 25.9 Å². The van der Waals surface area contributed by atoms with Crippen LogP contribution in [0.25, 0.3) is 0 Å². The van der Waals surface area contributed by atoms with E-state index in [0.717, 1.165) is 12.0 Å². The Morgan fingerprint density at radius 3 is 3.06 bits per heavy atom. The fraction of sp³-hybridized carbons (Fsp3) is 0.417. The number of hydrogen-bond donors (Lipinski definition) is 0. The molecule has 88 valence electrons. The van der Waals surface area contributed by atoms with Gasteiger partial charge in [-0.3, -0.25) is 10.1 Å². The molecule has 1 aromatic carbocycles. The molecule has 0 bridgehead atoms. The van der Waals surface area contributed by atoms with Gasteiger partial charge in [-0.2, -0.15) is 5.26 Å². The average Bonchev–Trinajstić information content (AvgIpc) is 2.36. The van der Waals surface area contributed by atoms with Crippen molar-refractivity contribution in [2.75, 3.05) is 0 Å². The van der Waals surface area contributed by atoms with Crippen LogP contribution in [0.2, 0.25) is 0 Å². The summed E-state index contributed by atoms with van der Waals surface area (Å²) >= 11 is 0. The Morgan fingerprint density at radius 1 is 1.65 bits per heavy atom. The second-order valence-corrected chi connectivity index (χ2v) is 4.16. The molecule has 0 amide bonds. The summed E-state index contributed by atoms with van der Waals surface area (Å²) in [5, 5.41) is 19.5. The van der Waals surface area contributed by atoms with Crippen LogP contribution >= 0.6 is 0 Å². The number of nitrogens with zero attached hydrogens (tertiary/aromatic N) is 2. The van der Waals surface area contributed by atoms with E-state index < -0.39 is 4.92 Å². The minimum Gasteiger partial charge on any atom is -0.489 e. The SMILES string of the molecule is CC(C#N)C1CCc2cc([N+](=O)[O-])ccc2O1. The van der Waals surface area contributed by atoms with Crippen molar-refractivity contribution in [1.82, 2.24) is 0 Å². The summed E-state index contributed by atoms with van der Waals surface area (Å²) in [5.74, 6) is 0.493. The predicted octanol–water partition coefficient (Wildman–Crippen LogP) is 2.45. The second-order valence-electron chi connectivity index (χ2n) is 4.16. The predicted molar refractivity (Wildman–Crippen MR) is 60.6 cm³/mol. The van der Waals surface area contributed by atoms with Crippen molar-refractivity contribution in [3.05, 3.63) is 33.9 Å². The summed E-state index contributed by atoms with van der Waals surface area (Å²) in [6.07, 6.45) is 1.32. The fourth-order valence-corrected chi connectivity index (χ4v) is 1.94. The highest BCUT2D eigenvalue weighted by Gasteiger charge is 2.25. The number of nitriles is 1. The minimum absolute atomic E-state index is 0.0825. The normalized spacial score (nSPS) is 19.6. The Bertz CT molecular complexity index is 493. The van der Waals surface area contributed by atoms with Gasteiger partial charge < -0.3 is 4.74 Å². The van der Waals surface area contributed by atoms with E-state index in [4.69, 9.17) is 10.00 Å². The van der Waals surface area contributed by atoms with Crippen LogP contribution in [0, 0.1) is 27.4 Å². The Hall–Kier alpha value is -2.09. The minimum atomic E-state index is -0.412. The van der Waals surface area contributed by atoms with Crippen LogP contribution in [0.4, 0.5) is 5.69 Å². The van der Waals surface area contributed by atoms with E-state index in [2.05, 4.69) is 6.07 Å². The van der Waals surface area contributed by atoms with E-state index in [1.165, 1.54) is 6.07 Å². The largest absolute Gasteiger partial charge is 0.489 e. The van der Waals surface area contributed by atoms with Crippen LogP contribution in [0.15, 0.2) is 18.2 Å². The molecule has 0 saturated carbocycles. The first kappa shape index (κ1) is 11.4. The van der Waals surface area contributed by atoms with Crippen LogP contribution in [0.1, 0.15) is 18.9 Å². The molecule has 1 aromatic rings. The average molecular weight is 232 g/mol. The van der Waals surface area contributed by atoms with Gasteiger partial charge >= 0.3 is 0 Å². The molecule has 5 nitrogen and oxygen atoms in total. The van der Waals surface area contributed by atoms with Crippen LogP contribution in [0.3, 0.4) is 0 Å². The van der Waals surface area contributed by atoms with Crippen molar-refractivity contribution in [1.29, 1.82) is 5.26 Å². The highest BCUT2D eigenvalue weighted by Crippen LogP contribution is 2.32. The first-order chi connectivity index (χ1) is 8.11. The maximum Gasteiger partial charge on any atom is 0.269 e. The number of nitro benzene ring substituents is 1. The monoisotopic (exact) mass is 232 g/mol. The molecule has 1 aliphatic rings. The van der Waals surface area contributed by atoms with Gasteiger partial charge in [0.2, 0.25) is 0 Å². The molecular weight excluding hydrogens is 220 g/mol. The molecule has 0 aliphatic carbocycles. The van der Waals surface area contributed by atoms with Gasteiger partial charge in [0.05, 0.1) is 16.9 Å². The second kappa shape index (κ2) is 4.42. The molecule has 0 saturated heterocycles. The molecule has 0 N–H and O–H groups in total. The molecule has 0 fully saturated rings. The van der Waals surface area contributed by atoms with E-state index in [1.54, 1.807) is 12.1 Å². The van der Waals surface area contributed by atoms with Crippen LogP contribution in [0.5, 0.6) is 5.75 Å². The van der Waals surface area contributed by atoms with E-state index in [9.17, 15) is 10.1 Å². The number of aryl methyl sites for hydroxylation is 1. The first-order valence-electron chi connectivity index (χ1n) is 5.45. The summed E-state index contributed by atoms with van der Waals surface area (Å²) in [4.78, 5) is 10.2. The molecular formula is C12H12N2O3. The molecule has 5 heteroatoms. The Balaban J connectivity index is 2.23. The zero-order valence-electron chi connectivity index (χ0n) is 9.42. The van der Waals surface area contributed by atoms with Crippen molar-refractivity contribution in [3.63, 3.8) is 0 Å². The number of fused-ring (bicyclic) bond motifs is 1. The van der Waals surface area contributed by atoms with Gasteiger partial charge in [-0.05, 0) is 25.8 Å². The van der Waals surface area contributed by atoms with Gasteiger partial charge in [-0.1, -0.05) is 0 Å². The summed E-state index contributed by atoms with van der Waals surface area (Å²) < 4.78 is 5.67. The highest BCUT2D eigenvalue weighted by atomic mass is 16.6. The maximum absolute atomic E-state index is 10.6. The standard InChI is InChI=1S/C12H12N2O3/c1-8(7-13)11-4-2-9-6-10(14(15)16)3-5-12(9)17-11/h3,5-6,8,11H,2,4H2,1H3. The van der Waals surface area contributed by atoms with Gasteiger partial charge in [0.15, 0.2) is 0 Å². The zero-order chi connectivity index (χ0) is 12.4. The van der Waals surface area contributed by atoms with E-state index in [-0.39, 0.29) is 17.7 Å². The lowest BCUT2D eigenvalue weighted by molar-refractivity contribution is -0.385. The van der Waals surface area contributed by atoms with E-state index >= 15 is 0 Å². The lowest BCUT2D eigenvalue weighted by atomic mass is 9.95. The third-order valence-electron chi connectivity index (χ3n) is 2.99. The van der Waals surface area contributed by atoms with Gasteiger partial charge in [-0.25, -0.2) is 0 Å². The third-order valence-corrected chi connectivity index (χ3v) is 2.99. The Labute approximate surface area is 98.8 Å². The summed E-state index contributed by atoms with van der Waals surface area (Å²) in [6, 6.07) is 6.75. The highest BCUT2D eigenvalue weighted by molar-refractivity contribution is 5.45. The summed E-state index contributed by atoms with van der Waals surface area (Å²) in [6.45, 7) is 1.82. The number of benzene rings is 1. The van der Waals surface area contributed by atoms with Crippen molar-refractivity contribution >= 4 is 5.69 Å². The van der Waals surface area contributed by atoms with Gasteiger partial charge in [-0.15, -0.1) is 0 Å². The molecule has 1 heterocycles. The molecule has 2 rings (SSSR count). The number of nitro groups is 1. The van der Waals surface area contributed by atoms with Crippen molar-refractivity contribution in [3.8, 4) is 11.8 Å². The van der Waals surface area contributed by atoms with Crippen molar-refractivity contribution in [2.24, 2.45) is 5.92 Å². The molecule has 2 unspecified atom stereocenters. The third kappa shape index (κ3) is 2.21.